The summed E-state index contributed by atoms with van der Waals surface area (Å²) in [7, 11) is 0. The molecule has 0 saturated carbocycles. The molecule has 4 aromatic rings. The summed E-state index contributed by atoms with van der Waals surface area (Å²) in [5, 5.41) is 4.37. The molecule has 0 aliphatic heterocycles. The predicted octanol–water partition coefficient (Wildman–Crippen LogP) is 9.06. The fraction of sp³-hybridized carbons (Fsp3) is 0.273. The zero-order chi connectivity index (χ0) is 17.8. The van der Waals surface area contributed by atoms with Crippen LogP contribution in [0.25, 0.3) is 29.9 Å². The van der Waals surface area contributed by atoms with Crippen molar-refractivity contribution in [2.75, 3.05) is 0 Å². The molecule has 0 spiro atoms. The van der Waals surface area contributed by atoms with E-state index in [1.165, 1.54) is 66.9 Å². The Bertz CT molecular complexity index is 937. The standard InChI is InChI=1S/C22H22S4/c1-2-3-4-5-6-17-7-8-19(24-17)20-11-12-22(26-20)21-10-9-18(25-21)16-13-14-23-15-16/h7-15H,2-6H2,1H3. The molecule has 0 nitrogen and oxygen atoms in total. The van der Waals surface area contributed by atoms with E-state index in [0.29, 0.717) is 0 Å². The zero-order valence-corrected chi connectivity index (χ0v) is 18.1. The smallest absolute Gasteiger partial charge is 0.0449 e. The molecular weight excluding hydrogens is 393 g/mol. The molecule has 4 heteroatoms. The highest BCUT2D eigenvalue weighted by molar-refractivity contribution is 7.27. The summed E-state index contributed by atoms with van der Waals surface area (Å²) in [6, 6.07) is 15.9. The number of thiophene rings is 4. The molecule has 0 saturated heterocycles. The van der Waals surface area contributed by atoms with Gasteiger partial charge in [0.25, 0.3) is 0 Å². The average molecular weight is 415 g/mol. The van der Waals surface area contributed by atoms with Gasteiger partial charge in [0.2, 0.25) is 0 Å². The SMILES string of the molecule is CCCCCCc1ccc(-c2ccc(-c3ccc(-c4ccsc4)s3)s2)s1. The van der Waals surface area contributed by atoms with Crippen molar-refractivity contribution in [3.05, 3.63) is 58.1 Å². The number of rotatable bonds is 8. The van der Waals surface area contributed by atoms with Crippen molar-refractivity contribution in [1.29, 1.82) is 0 Å². The van der Waals surface area contributed by atoms with Crippen LogP contribution in [0.5, 0.6) is 0 Å². The van der Waals surface area contributed by atoms with Gasteiger partial charge in [-0.15, -0.1) is 34.0 Å². The second kappa shape index (κ2) is 8.66. The zero-order valence-electron chi connectivity index (χ0n) is 14.9. The summed E-state index contributed by atoms with van der Waals surface area (Å²) in [6.45, 7) is 2.27. The Balaban J connectivity index is 1.46. The molecule has 0 aromatic carbocycles. The van der Waals surface area contributed by atoms with Crippen molar-refractivity contribution >= 4 is 45.3 Å². The second-order valence-electron chi connectivity index (χ2n) is 6.42. The molecule has 0 atom stereocenters. The lowest BCUT2D eigenvalue weighted by Gasteiger charge is -1.96. The number of hydrogen-bond acceptors (Lipinski definition) is 4. The Morgan fingerprint density at radius 1 is 0.654 bits per heavy atom. The van der Waals surface area contributed by atoms with Gasteiger partial charge in [-0.1, -0.05) is 26.2 Å². The van der Waals surface area contributed by atoms with Crippen molar-refractivity contribution < 1.29 is 0 Å². The van der Waals surface area contributed by atoms with Crippen LogP contribution in [0.4, 0.5) is 0 Å². The van der Waals surface area contributed by atoms with Gasteiger partial charge in [0, 0.05) is 34.8 Å². The minimum atomic E-state index is 1.23. The lowest BCUT2D eigenvalue weighted by atomic mass is 10.1. The van der Waals surface area contributed by atoms with Gasteiger partial charge in [-0.05, 0) is 66.1 Å². The molecule has 0 unspecified atom stereocenters. The average Bonchev–Trinajstić information content (AvgIpc) is 3.44. The fourth-order valence-electron chi connectivity index (χ4n) is 3.00. The second-order valence-corrected chi connectivity index (χ2v) is 10.5. The minimum Gasteiger partial charge on any atom is -0.152 e. The highest BCUT2D eigenvalue weighted by Gasteiger charge is 2.10. The van der Waals surface area contributed by atoms with E-state index in [4.69, 9.17) is 0 Å². The Labute approximate surface area is 171 Å². The molecule has 134 valence electrons. The van der Waals surface area contributed by atoms with E-state index < -0.39 is 0 Å². The molecule has 4 rings (SSSR count). The molecule has 0 aliphatic carbocycles. The topological polar surface area (TPSA) is 0 Å². The Kier molecular flexibility index (Phi) is 6.05. The first-order valence-corrected chi connectivity index (χ1v) is 12.5. The van der Waals surface area contributed by atoms with Crippen LogP contribution in [0.2, 0.25) is 0 Å². The summed E-state index contributed by atoms with van der Waals surface area (Å²) in [4.78, 5) is 8.46. The third-order valence-corrected chi connectivity index (χ3v) is 8.88. The van der Waals surface area contributed by atoms with Crippen LogP contribution >= 0.6 is 45.3 Å². The van der Waals surface area contributed by atoms with Gasteiger partial charge in [0.1, 0.15) is 0 Å². The molecule has 0 bridgehead atoms. The highest BCUT2D eigenvalue weighted by atomic mass is 32.1. The largest absolute Gasteiger partial charge is 0.152 e. The lowest BCUT2D eigenvalue weighted by Crippen LogP contribution is -1.80. The van der Waals surface area contributed by atoms with E-state index in [2.05, 4.69) is 60.1 Å². The summed E-state index contributed by atoms with van der Waals surface area (Å²) in [5.41, 5.74) is 1.34. The molecule has 0 fully saturated rings. The van der Waals surface area contributed by atoms with Gasteiger partial charge >= 0.3 is 0 Å². The first-order chi connectivity index (χ1) is 12.8. The van der Waals surface area contributed by atoms with E-state index in [9.17, 15) is 0 Å². The number of hydrogen-bond donors (Lipinski definition) is 0. The van der Waals surface area contributed by atoms with Crippen LogP contribution in [-0.2, 0) is 6.42 Å². The maximum Gasteiger partial charge on any atom is 0.0449 e. The van der Waals surface area contributed by atoms with E-state index >= 15 is 0 Å². The number of aryl methyl sites for hydroxylation is 1. The Hall–Kier alpha value is -1.20. The maximum absolute atomic E-state index is 2.32. The van der Waals surface area contributed by atoms with E-state index in [0.717, 1.165) is 0 Å². The molecule has 4 aromatic heterocycles. The summed E-state index contributed by atoms with van der Waals surface area (Å²) in [6.07, 6.45) is 6.59. The van der Waals surface area contributed by atoms with Gasteiger partial charge in [-0.3, -0.25) is 0 Å². The third kappa shape index (κ3) is 4.20. The van der Waals surface area contributed by atoms with Crippen molar-refractivity contribution in [2.45, 2.75) is 39.0 Å². The third-order valence-electron chi connectivity index (χ3n) is 4.44. The van der Waals surface area contributed by atoms with Crippen LogP contribution in [-0.4, -0.2) is 0 Å². The van der Waals surface area contributed by atoms with E-state index in [-0.39, 0.29) is 0 Å². The van der Waals surface area contributed by atoms with E-state index in [1.807, 2.05) is 34.0 Å². The van der Waals surface area contributed by atoms with Crippen LogP contribution in [0.15, 0.2) is 53.2 Å². The van der Waals surface area contributed by atoms with Crippen LogP contribution < -0.4 is 0 Å². The molecule has 0 N–H and O–H groups in total. The number of unbranched alkanes of at least 4 members (excludes halogenated alkanes) is 3. The van der Waals surface area contributed by atoms with Crippen LogP contribution in [0.3, 0.4) is 0 Å². The van der Waals surface area contributed by atoms with Gasteiger partial charge in [0.05, 0.1) is 0 Å². The highest BCUT2D eigenvalue weighted by Crippen LogP contribution is 2.42. The monoisotopic (exact) mass is 414 g/mol. The van der Waals surface area contributed by atoms with Gasteiger partial charge in [-0.2, -0.15) is 11.3 Å². The van der Waals surface area contributed by atoms with Crippen molar-refractivity contribution in [1.82, 2.24) is 0 Å². The van der Waals surface area contributed by atoms with E-state index in [1.54, 1.807) is 11.3 Å². The summed E-state index contributed by atoms with van der Waals surface area (Å²) < 4.78 is 0. The molecule has 0 radical (unpaired) electrons. The van der Waals surface area contributed by atoms with Gasteiger partial charge in [0.15, 0.2) is 0 Å². The first kappa shape index (κ1) is 18.2. The Morgan fingerprint density at radius 3 is 2.00 bits per heavy atom. The quantitative estimate of drug-likeness (QED) is 0.252. The Morgan fingerprint density at radius 2 is 1.31 bits per heavy atom. The molecule has 4 heterocycles. The van der Waals surface area contributed by atoms with Crippen molar-refractivity contribution in [3.8, 4) is 29.9 Å². The van der Waals surface area contributed by atoms with Crippen LogP contribution in [0, 0.1) is 0 Å². The fourth-order valence-corrected chi connectivity index (χ4v) is 6.97. The summed E-state index contributed by atoms with van der Waals surface area (Å²) >= 11 is 7.54. The first-order valence-electron chi connectivity index (χ1n) is 9.15. The lowest BCUT2D eigenvalue weighted by molar-refractivity contribution is 0.670. The van der Waals surface area contributed by atoms with Crippen LogP contribution in [0.1, 0.15) is 37.5 Å². The van der Waals surface area contributed by atoms with Gasteiger partial charge < -0.3 is 0 Å². The molecule has 26 heavy (non-hydrogen) atoms. The molecular formula is C22H22S4. The van der Waals surface area contributed by atoms with Gasteiger partial charge in [-0.25, -0.2) is 0 Å². The van der Waals surface area contributed by atoms with Crippen molar-refractivity contribution in [3.63, 3.8) is 0 Å². The normalized spacial score (nSPS) is 11.3. The maximum atomic E-state index is 2.32. The summed E-state index contributed by atoms with van der Waals surface area (Å²) in [5.74, 6) is 0. The molecule has 0 aliphatic rings. The molecule has 0 amide bonds. The predicted molar refractivity (Wildman–Crippen MR) is 122 cm³/mol. The minimum absolute atomic E-state index is 1.23. The van der Waals surface area contributed by atoms with Crippen molar-refractivity contribution in [2.24, 2.45) is 0 Å².